The first-order chi connectivity index (χ1) is 18.3. The molecular weight excluding hydrogens is 520 g/mol. The van der Waals surface area contributed by atoms with Crippen LogP contribution in [0.1, 0.15) is 22.3 Å². The van der Waals surface area contributed by atoms with Crippen LogP contribution in [0.4, 0.5) is 0 Å². The number of nitrogens with one attached hydrogen (secondary N) is 2. The molecule has 0 bridgehead atoms. The third kappa shape index (κ3) is 12.4. The predicted octanol–water partition coefficient (Wildman–Crippen LogP) is 0.674. The van der Waals surface area contributed by atoms with E-state index in [1.807, 2.05) is 9.80 Å². The van der Waals surface area contributed by atoms with Gasteiger partial charge < -0.3 is 30.4 Å². The van der Waals surface area contributed by atoms with E-state index >= 15 is 0 Å². The summed E-state index contributed by atoms with van der Waals surface area (Å²) in [6.07, 6.45) is 0. The molecule has 2 saturated heterocycles. The monoisotopic (exact) mass is 560 g/mol. The molecule has 4 rings (SSSR count). The van der Waals surface area contributed by atoms with Crippen molar-refractivity contribution in [3.05, 3.63) is 70.8 Å². The Bertz CT molecular complexity index is 1090. The van der Waals surface area contributed by atoms with Crippen LogP contribution in [-0.2, 0) is 23.5 Å². The van der Waals surface area contributed by atoms with Crippen molar-refractivity contribution in [1.29, 1.82) is 10.8 Å². The van der Waals surface area contributed by atoms with Crippen LogP contribution in [0.2, 0.25) is 0 Å². The predicted molar refractivity (Wildman–Crippen MR) is 150 cm³/mol. The first kappa shape index (κ1) is 32.0. The summed E-state index contributed by atoms with van der Waals surface area (Å²) in [5, 5.41) is 14.8. The number of rotatable bonds is 4. The molecule has 0 amide bonds. The van der Waals surface area contributed by atoms with Crippen molar-refractivity contribution in [1.82, 2.24) is 19.6 Å². The molecule has 2 heterocycles. The number of hydrogen-bond acceptors (Lipinski definition) is 8. The van der Waals surface area contributed by atoms with E-state index in [4.69, 9.17) is 39.8 Å². The van der Waals surface area contributed by atoms with Crippen molar-refractivity contribution in [3.63, 3.8) is 0 Å². The Labute approximate surface area is 231 Å². The Morgan fingerprint density at radius 2 is 0.974 bits per heavy atom. The van der Waals surface area contributed by atoms with Crippen molar-refractivity contribution in [2.45, 2.75) is 26.9 Å². The normalized spacial score (nSPS) is 16.4. The maximum Gasteiger partial charge on any atom is 0.188 e. The summed E-state index contributed by atoms with van der Waals surface area (Å²) in [6.45, 7) is 13.7. The second kappa shape index (κ2) is 15.4. The molecule has 6 N–H and O–H groups in total. The number of nitrogens with zero attached hydrogens (tertiary/aromatic N) is 4. The standard InChI is InChI=1S/2C13H20N4.H2O4S/c2*1-11-4-2-3-5-12(11)10-16-6-8-17(9-7-16)13(14)15;1-5(2,3)4/h2*2-5H,6-10H2,1H3,(H3,14,15);(H2,1,2,3,4)/p-2. The van der Waals surface area contributed by atoms with Gasteiger partial charge in [0.05, 0.1) is 0 Å². The Balaban J connectivity index is 0.000000234. The van der Waals surface area contributed by atoms with Crippen LogP contribution in [0.15, 0.2) is 48.5 Å². The van der Waals surface area contributed by atoms with Gasteiger partial charge in [-0.25, -0.2) is 0 Å². The van der Waals surface area contributed by atoms with Gasteiger partial charge in [-0.1, -0.05) is 48.5 Å². The Hall–Kier alpha value is -3.23. The molecule has 0 radical (unpaired) electrons. The average molecular weight is 561 g/mol. The number of hydrogen-bond donors (Lipinski definition) is 4. The van der Waals surface area contributed by atoms with E-state index in [0.29, 0.717) is 0 Å². The van der Waals surface area contributed by atoms with Crippen molar-refractivity contribution in [2.75, 3.05) is 52.4 Å². The molecule has 0 spiro atoms. The summed E-state index contributed by atoms with van der Waals surface area (Å²) in [5.74, 6) is 0.390. The zero-order valence-corrected chi connectivity index (χ0v) is 23.5. The van der Waals surface area contributed by atoms with Gasteiger partial charge in [0.2, 0.25) is 0 Å². The lowest BCUT2D eigenvalue weighted by Crippen LogP contribution is -2.50. The van der Waals surface area contributed by atoms with E-state index in [0.717, 1.165) is 65.4 Å². The molecule has 0 atom stereocenters. The Morgan fingerprint density at radius 1 is 0.692 bits per heavy atom. The molecule has 2 aliphatic rings. The molecule has 39 heavy (non-hydrogen) atoms. The lowest BCUT2D eigenvalue weighted by Gasteiger charge is -2.35. The van der Waals surface area contributed by atoms with E-state index in [-0.39, 0.29) is 11.9 Å². The highest BCUT2D eigenvalue weighted by atomic mass is 32.3. The third-order valence-corrected chi connectivity index (χ3v) is 6.74. The highest BCUT2D eigenvalue weighted by Gasteiger charge is 2.18. The maximum absolute atomic E-state index is 8.52. The van der Waals surface area contributed by atoms with E-state index in [2.05, 4.69) is 72.2 Å². The highest BCUT2D eigenvalue weighted by molar-refractivity contribution is 7.79. The number of aryl methyl sites for hydroxylation is 2. The maximum atomic E-state index is 8.52. The number of piperazine rings is 2. The van der Waals surface area contributed by atoms with Crippen LogP contribution in [0.3, 0.4) is 0 Å². The average Bonchev–Trinajstić information content (AvgIpc) is 2.87. The molecule has 13 heteroatoms. The molecule has 216 valence electrons. The van der Waals surface area contributed by atoms with Gasteiger partial charge in [-0.3, -0.25) is 29.0 Å². The molecule has 2 aromatic rings. The van der Waals surface area contributed by atoms with Crippen LogP contribution >= 0.6 is 0 Å². The number of guanidine groups is 2. The second-order valence-corrected chi connectivity index (χ2v) is 10.4. The molecular formula is C26H40N8O4S-2. The smallest absolute Gasteiger partial charge is 0.188 e. The van der Waals surface area contributed by atoms with Gasteiger partial charge in [-0.15, -0.1) is 0 Å². The van der Waals surface area contributed by atoms with Gasteiger partial charge in [-0.05, 0) is 36.1 Å². The van der Waals surface area contributed by atoms with E-state index in [1.54, 1.807) is 0 Å². The molecule has 2 aromatic carbocycles. The molecule has 2 aliphatic heterocycles. The van der Waals surface area contributed by atoms with Crippen LogP contribution in [0, 0.1) is 24.7 Å². The minimum absolute atomic E-state index is 0.195. The summed E-state index contributed by atoms with van der Waals surface area (Å²) >= 11 is 0. The summed E-state index contributed by atoms with van der Waals surface area (Å²) in [7, 11) is -5.17. The highest BCUT2D eigenvalue weighted by Crippen LogP contribution is 2.13. The second-order valence-electron chi connectivity index (χ2n) is 9.56. The van der Waals surface area contributed by atoms with Gasteiger partial charge in [-0.2, -0.15) is 0 Å². The summed E-state index contributed by atoms with van der Waals surface area (Å²) in [4.78, 5) is 8.69. The molecule has 2 fully saturated rings. The minimum atomic E-state index is -5.17. The molecule has 0 aromatic heterocycles. The van der Waals surface area contributed by atoms with Gasteiger partial charge in [0.15, 0.2) is 11.9 Å². The zero-order valence-electron chi connectivity index (χ0n) is 22.7. The summed E-state index contributed by atoms with van der Waals surface area (Å²) < 4.78 is 34.1. The SMILES string of the molecule is Cc1ccccc1CN1CCN(C(=N)N)CC1.Cc1ccccc1CN1CCN(C(=N)N)CC1.O=S(=O)([O-])[O-]. The van der Waals surface area contributed by atoms with E-state index < -0.39 is 10.4 Å². The van der Waals surface area contributed by atoms with E-state index in [9.17, 15) is 0 Å². The Kier molecular flexibility index (Phi) is 12.6. The lowest BCUT2D eigenvalue weighted by molar-refractivity contribution is 0.173. The lowest BCUT2D eigenvalue weighted by atomic mass is 10.1. The summed E-state index contributed by atoms with van der Waals surface area (Å²) in [5.41, 5.74) is 16.4. The largest absolute Gasteiger partial charge is 0.759 e. The quantitative estimate of drug-likeness (QED) is 0.179. The minimum Gasteiger partial charge on any atom is -0.759 e. The van der Waals surface area contributed by atoms with Crippen LogP contribution < -0.4 is 11.5 Å². The van der Waals surface area contributed by atoms with Gasteiger partial charge in [0, 0.05) is 75.8 Å². The molecule has 12 nitrogen and oxygen atoms in total. The first-order valence-corrected chi connectivity index (χ1v) is 14.0. The number of nitrogens with two attached hydrogens (primary N) is 2. The van der Waals surface area contributed by atoms with Crippen LogP contribution in [0.5, 0.6) is 0 Å². The zero-order chi connectivity index (χ0) is 29.0. The summed E-state index contributed by atoms with van der Waals surface area (Å²) in [6, 6.07) is 17.0. The van der Waals surface area contributed by atoms with Crippen molar-refractivity contribution in [2.24, 2.45) is 11.5 Å². The van der Waals surface area contributed by atoms with Crippen molar-refractivity contribution < 1.29 is 17.5 Å². The molecule has 0 unspecified atom stereocenters. The number of benzene rings is 2. The van der Waals surface area contributed by atoms with E-state index in [1.165, 1.54) is 22.3 Å². The Morgan fingerprint density at radius 3 is 1.23 bits per heavy atom. The molecule has 0 saturated carbocycles. The fourth-order valence-corrected chi connectivity index (χ4v) is 4.35. The van der Waals surface area contributed by atoms with Gasteiger partial charge >= 0.3 is 0 Å². The fraction of sp³-hybridized carbons (Fsp3) is 0.462. The van der Waals surface area contributed by atoms with Crippen molar-refractivity contribution >= 4 is 22.3 Å². The third-order valence-electron chi connectivity index (χ3n) is 6.74. The van der Waals surface area contributed by atoms with Gasteiger partial charge in [0.1, 0.15) is 0 Å². The first-order valence-electron chi connectivity index (χ1n) is 12.7. The van der Waals surface area contributed by atoms with Crippen molar-refractivity contribution in [3.8, 4) is 0 Å². The van der Waals surface area contributed by atoms with Crippen LogP contribution in [0.25, 0.3) is 0 Å². The topological polar surface area (TPSA) is 193 Å². The molecule has 0 aliphatic carbocycles. The van der Waals surface area contributed by atoms with Crippen LogP contribution in [-0.4, -0.2) is 101 Å². The van der Waals surface area contributed by atoms with Gasteiger partial charge in [0.25, 0.3) is 0 Å². The fourth-order valence-electron chi connectivity index (χ4n) is 4.35.